The lowest BCUT2D eigenvalue weighted by Crippen LogP contribution is -2.35. The first-order valence-corrected chi connectivity index (χ1v) is 8.38. The summed E-state index contributed by atoms with van der Waals surface area (Å²) in [5.41, 5.74) is 3.36. The average molecular weight is 359 g/mol. The number of nitriles is 1. The standard InChI is InChI=1S/C20H22N2O2.ClH/c21-12-15-8-10-18(11-9-15)24-14-17(23)13-22-20-7-3-5-16-4-1-2-6-19(16)20;/h1-2,4,6,8-11,17,20,22-23H,3,5,7,13-14H2;1H. The maximum Gasteiger partial charge on any atom is 0.119 e. The number of benzene rings is 2. The molecule has 1 aliphatic carbocycles. The van der Waals surface area contributed by atoms with E-state index in [4.69, 9.17) is 10.00 Å². The Hall–Kier alpha value is -2.06. The molecule has 0 aromatic heterocycles. The summed E-state index contributed by atoms with van der Waals surface area (Å²) in [6.07, 6.45) is 2.83. The second-order valence-electron chi connectivity index (χ2n) is 6.15. The lowest BCUT2D eigenvalue weighted by atomic mass is 9.88. The van der Waals surface area contributed by atoms with Gasteiger partial charge in [-0.3, -0.25) is 0 Å². The predicted octanol–water partition coefficient (Wildman–Crippen LogP) is 3.39. The van der Waals surface area contributed by atoms with Crippen LogP contribution >= 0.6 is 12.4 Å². The zero-order chi connectivity index (χ0) is 16.8. The SMILES string of the molecule is Cl.N#Cc1ccc(OCC(O)CNC2CCCc3ccccc32)cc1. The number of hydrogen-bond donors (Lipinski definition) is 2. The van der Waals surface area contributed by atoms with Crippen molar-refractivity contribution in [3.63, 3.8) is 0 Å². The highest BCUT2D eigenvalue weighted by Gasteiger charge is 2.20. The molecule has 1 aliphatic rings. The van der Waals surface area contributed by atoms with E-state index in [-0.39, 0.29) is 19.0 Å². The van der Waals surface area contributed by atoms with Crippen molar-refractivity contribution in [1.29, 1.82) is 5.26 Å². The number of nitrogens with one attached hydrogen (secondary N) is 1. The minimum atomic E-state index is -0.574. The van der Waals surface area contributed by atoms with Gasteiger partial charge in [0.05, 0.1) is 11.6 Å². The molecule has 132 valence electrons. The van der Waals surface area contributed by atoms with Gasteiger partial charge in [-0.25, -0.2) is 0 Å². The van der Waals surface area contributed by atoms with Crippen LogP contribution in [0.5, 0.6) is 5.75 Å². The van der Waals surface area contributed by atoms with Crippen molar-refractivity contribution in [1.82, 2.24) is 5.32 Å². The number of aryl methyl sites for hydroxylation is 1. The van der Waals surface area contributed by atoms with Crippen LogP contribution in [0.4, 0.5) is 0 Å². The van der Waals surface area contributed by atoms with Gasteiger partial charge in [0, 0.05) is 12.6 Å². The molecule has 0 aliphatic heterocycles. The molecule has 0 saturated carbocycles. The van der Waals surface area contributed by atoms with Crippen LogP contribution in [0.25, 0.3) is 0 Å². The Balaban J connectivity index is 0.00000225. The van der Waals surface area contributed by atoms with Crippen molar-refractivity contribution < 1.29 is 9.84 Å². The van der Waals surface area contributed by atoms with Crippen LogP contribution in [0.2, 0.25) is 0 Å². The van der Waals surface area contributed by atoms with Crippen molar-refractivity contribution in [3.05, 3.63) is 65.2 Å². The number of aliphatic hydroxyl groups is 1. The number of hydrogen-bond acceptors (Lipinski definition) is 4. The normalized spacial score (nSPS) is 16.9. The van der Waals surface area contributed by atoms with E-state index in [1.165, 1.54) is 17.5 Å². The number of nitrogens with zero attached hydrogens (tertiary/aromatic N) is 1. The minimum absolute atomic E-state index is 0. The quantitative estimate of drug-likeness (QED) is 0.830. The van der Waals surface area contributed by atoms with Gasteiger partial charge in [0.1, 0.15) is 18.5 Å². The second kappa shape index (κ2) is 9.43. The van der Waals surface area contributed by atoms with Crippen LogP contribution in [-0.2, 0) is 6.42 Å². The number of ether oxygens (including phenoxy) is 1. The van der Waals surface area contributed by atoms with Crippen molar-refractivity contribution in [2.45, 2.75) is 31.4 Å². The summed E-state index contributed by atoms with van der Waals surface area (Å²) in [6, 6.07) is 17.8. The Kier molecular flexibility index (Phi) is 7.27. The topological polar surface area (TPSA) is 65.3 Å². The van der Waals surface area contributed by atoms with Gasteiger partial charge >= 0.3 is 0 Å². The molecule has 4 nitrogen and oxygen atoms in total. The molecule has 0 fully saturated rings. The lowest BCUT2D eigenvalue weighted by molar-refractivity contribution is 0.103. The summed E-state index contributed by atoms with van der Waals surface area (Å²) in [5.74, 6) is 0.663. The summed E-state index contributed by atoms with van der Waals surface area (Å²) >= 11 is 0. The molecule has 2 N–H and O–H groups in total. The molecular weight excluding hydrogens is 336 g/mol. The lowest BCUT2D eigenvalue weighted by Gasteiger charge is -2.27. The molecule has 0 bridgehead atoms. The van der Waals surface area contributed by atoms with Crippen molar-refractivity contribution >= 4 is 12.4 Å². The first-order valence-electron chi connectivity index (χ1n) is 8.38. The average Bonchev–Trinajstić information content (AvgIpc) is 2.65. The van der Waals surface area contributed by atoms with Crippen LogP contribution in [0, 0.1) is 11.3 Å². The highest BCUT2D eigenvalue weighted by molar-refractivity contribution is 5.85. The molecule has 2 aromatic carbocycles. The van der Waals surface area contributed by atoms with Crippen molar-refractivity contribution in [2.75, 3.05) is 13.2 Å². The van der Waals surface area contributed by atoms with E-state index in [1.807, 2.05) is 0 Å². The Morgan fingerprint density at radius 1 is 1.20 bits per heavy atom. The van der Waals surface area contributed by atoms with Gasteiger partial charge < -0.3 is 15.2 Å². The molecule has 25 heavy (non-hydrogen) atoms. The van der Waals surface area contributed by atoms with E-state index in [9.17, 15) is 5.11 Å². The molecule has 3 rings (SSSR count). The summed E-state index contributed by atoms with van der Waals surface area (Å²) in [5, 5.41) is 22.4. The summed E-state index contributed by atoms with van der Waals surface area (Å²) in [4.78, 5) is 0. The molecule has 5 heteroatoms. The fourth-order valence-electron chi connectivity index (χ4n) is 3.12. The smallest absolute Gasteiger partial charge is 0.119 e. The molecule has 0 saturated heterocycles. The van der Waals surface area contributed by atoms with Gasteiger partial charge in [-0.2, -0.15) is 5.26 Å². The molecule has 0 radical (unpaired) electrons. The van der Waals surface area contributed by atoms with E-state index in [0.717, 1.165) is 12.8 Å². The molecule has 0 amide bonds. The molecule has 2 atom stereocenters. The van der Waals surface area contributed by atoms with Crippen LogP contribution < -0.4 is 10.1 Å². The number of halogens is 1. The van der Waals surface area contributed by atoms with Gasteiger partial charge in [0.25, 0.3) is 0 Å². The minimum Gasteiger partial charge on any atom is -0.491 e. The maximum absolute atomic E-state index is 10.2. The first kappa shape index (κ1) is 19.3. The summed E-state index contributed by atoms with van der Waals surface area (Å²) < 4.78 is 5.58. The van der Waals surface area contributed by atoms with Crippen LogP contribution in [0.3, 0.4) is 0 Å². The number of rotatable bonds is 6. The fraction of sp³-hybridized carbons (Fsp3) is 0.350. The van der Waals surface area contributed by atoms with Crippen molar-refractivity contribution in [2.24, 2.45) is 0 Å². The van der Waals surface area contributed by atoms with Gasteiger partial charge in [-0.15, -0.1) is 12.4 Å². The zero-order valence-corrected chi connectivity index (χ0v) is 14.8. The van der Waals surface area contributed by atoms with E-state index in [2.05, 4.69) is 35.7 Å². The van der Waals surface area contributed by atoms with Crippen LogP contribution in [0.1, 0.15) is 35.6 Å². The highest BCUT2D eigenvalue weighted by atomic mass is 35.5. The Morgan fingerprint density at radius 3 is 2.72 bits per heavy atom. The van der Waals surface area contributed by atoms with E-state index in [0.29, 0.717) is 23.9 Å². The predicted molar refractivity (Wildman–Crippen MR) is 100 cm³/mol. The van der Waals surface area contributed by atoms with Crippen LogP contribution in [0.15, 0.2) is 48.5 Å². The molecule has 2 aromatic rings. The van der Waals surface area contributed by atoms with Gasteiger partial charge in [0.15, 0.2) is 0 Å². The third-order valence-electron chi connectivity index (χ3n) is 4.40. The fourth-order valence-corrected chi connectivity index (χ4v) is 3.12. The molecule has 2 unspecified atom stereocenters. The Morgan fingerprint density at radius 2 is 1.96 bits per heavy atom. The first-order chi connectivity index (χ1) is 11.8. The molecule has 0 spiro atoms. The Labute approximate surface area is 154 Å². The summed E-state index contributed by atoms with van der Waals surface area (Å²) in [7, 11) is 0. The van der Waals surface area contributed by atoms with E-state index >= 15 is 0 Å². The van der Waals surface area contributed by atoms with Gasteiger partial charge in [0.2, 0.25) is 0 Å². The maximum atomic E-state index is 10.2. The van der Waals surface area contributed by atoms with Crippen LogP contribution in [-0.4, -0.2) is 24.4 Å². The second-order valence-corrected chi connectivity index (χ2v) is 6.15. The third-order valence-corrected chi connectivity index (χ3v) is 4.40. The molecular formula is C20H23ClN2O2. The highest BCUT2D eigenvalue weighted by Crippen LogP contribution is 2.29. The van der Waals surface area contributed by atoms with Gasteiger partial charge in [-0.05, 0) is 54.7 Å². The monoisotopic (exact) mass is 358 g/mol. The zero-order valence-electron chi connectivity index (χ0n) is 14.0. The van der Waals surface area contributed by atoms with E-state index < -0.39 is 6.10 Å². The number of aliphatic hydroxyl groups excluding tert-OH is 1. The van der Waals surface area contributed by atoms with E-state index in [1.54, 1.807) is 24.3 Å². The van der Waals surface area contributed by atoms with Crippen molar-refractivity contribution in [3.8, 4) is 11.8 Å². The number of fused-ring (bicyclic) bond motifs is 1. The van der Waals surface area contributed by atoms with Gasteiger partial charge in [-0.1, -0.05) is 24.3 Å². The Bertz CT molecular complexity index is 712. The summed E-state index contributed by atoms with van der Waals surface area (Å²) in [6.45, 7) is 0.725. The largest absolute Gasteiger partial charge is 0.491 e. The third kappa shape index (κ3) is 5.20. The molecule has 0 heterocycles.